The fourth-order valence-corrected chi connectivity index (χ4v) is 3.76. The lowest BCUT2D eigenvalue weighted by atomic mass is 9.66. The maximum atomic E-state index is 12.9. The highest BCUT2D eigenvalue weighted by molar-refractivity contribution is 5.77. The molecule has 1 fully saturated rings. The lowest BCUT2D eigenvalue weighted by Gasteiger charge is -2.45. The van der Waals surface area contributed by atoms with Crippen LogP contribution in [0, 0.1) is 22.7 Å². The molecule has 0 amide bonds. The Hall–Kier alpha value is -0.530. The zero-order valence-electron chi connectivity index (χ0n) is 15.5. The van der Waals surface area contributed by atoms with Gasteiger partial charge in [-0.25, -0.2) is 0 Å². The van der Waals surface area contributed by atoms with Crippen molar-refractivity contribution in [3.05, 3.63) is 0 Å². The summed E-state index contributed by atoms with van der Waals surface area (Å²) in [7, 11) is 0. The Bertz CT molecular complexity index is 364. The summed E-state index contributed by atoms with van der Waals surface area (Å²) in [5.41, 5.74) is -0.881. The van der Waals surface area contributed by atoms with Crippen molar-refractivity contribution in [3.63, 3.8) is 0 Å². The van der Waals surface area contributed by atoms with Gasteiger partial charge in [-0.05, 0) is 44.9 Å². The van der Waals surface area contributed by atoms with Crippen LogP contribution in [-0.2, 0) is 9.53 Å². The van der Waals surface area contributed by atoms with Crippen molar-refractivity contribution in [2.45, 2.75) is 93.1 Å². The number of ether oxygens (including phenoxy) is 1. The minimum atomic E-state index is -0.428. The summed E-state index contributed by atoms with van der Waals surface area (Å²) in [5, 5.41) is 0. The summed E-state index contributed by atoms with van der Waals surface area (Å²) in [4.78, 5) is 12.9. The van der Waals surface area contributed by atoms with E-state index in [4.69, 9.17) is 4.74 Å². The molecule has 0 aromatic carbocycles. The quantitative estimate of drug-likeness (QED) is 0.631. The molecule has 3 unspecified atom stereocenters. The maximum absolute atomic E-state index is 12.9. The smallest absolute Gasteiger partial charge is 0.312 e. The molecule has 2 nitrogen and oxygen atoms in total. The molecule has 0 saturated heterocycles. The van der Waals surface area contributed by atoms with Crippen LogP contribution in [0.1, 0.15) is 87.5 Å². The maximum Gasteiger partial charge on any atom is 0.312 e. The Kier molecular flexibility index (Phi) is 5.56. The molecule has 3 atom stereocenters. The lowest BCUT2D eigenvalue weighted by molar-refractivity contribution is -0.184. The molecule has 1 aliphatic rings. The van der Waals surface area contributed by atoms with E-state index in [0.717, 1.165) is 6.42 Å². The molecule has 0 radical (unpaired) electrons. The van der Waals surface area contributed by atoms with Crippen molar-refractivity contribution >= 4 is 5.97 Å². The number of hydrogen-bond donors (Lipinski definition) is 0. The second-order valence-electron chi connectivity index (χ2n) is 8.80. The first kappa shape index (κ1) is 18.5. The van der Waals surface area contributed by atoms with Crippen LogP contribution in [0.4, 0.5) is 0 Å². The molecule has 0 N–H and O–H groups in total. The second-order valence-corrected chi connectivity index (χ2v) is 8.80. The van der Waals surface area contributed by atoms with E-state index in [2.05, 4.69) is 55.4 Å². The summed E-state index contributed by atoms with van der Waals surface area (Å²) in [6.45, 7) is 17.1. The molecule has 0 aromatic heterocycles. The van der Waals surface area contributed by atoms with Crippen LogP contribution in [0.25, 0.3) is 0 Å². The van der Waals surface area contributed by atoms with E-state index in [-0.39, 0.29) is 17.0 Å². The van der Waals surface area contributed by atoms with Crippen LogP contribution in [-0.4, -0.2) is 11.6 Å². The number of carbonyl (C=O) groups excluding carboxylic acids is 1. The Balaban J connectivity index is 2.89. The van der Waals surface area contributed by atoms with E-state index in [9.17, 15) is 4.79 Å². The van der Waals surface area contributed by atoms with Crippen molar-refractivity contribution in [1.82, 2.24) is 0 Å². The number of esters is 1. The van der Waals surface area contributed by atoms with Gasteiger partial charge in [-0.2, -0.15) is 0 Å². The molecule has 124 valence electrons. The van der Waals surface area contributed by atoms with Crippen LogP contribution in [0.2, 0.25) is 0 Å². The SMILES string of the molecule is CCC(C)(C(=O)OC(C)(C)C1CCCCC1C)C(C)(C)C. The fourth-order valence-electron chi connectivity index (χ4n) is 3.76. The third kappa shape index (κ3) is 3.81. The standard InChI is InChI=1S/C19H36O2/c1-9-19(8,17(3,4)5)16(20)21-18(6,7)15-13-11-10-12-14(15)2/h14-15H,9-13H2,1-8H3. The van der Waals surface area contributed by atoms with Crippen LogP contribution < -0.4 is 0 Å². The Labute approximate surface area is 132 Å². The van der Waals surface area contributed by atoms with Crippen molar-refractivity contribution in [1.29, 1.82) is 0 Å². The van der Waals surface area contributed by atoms with Gasteiger partial charge in [0, 0.05) is 5.92 Å². The van der Waals surface area contributed by atoms with Gasteiger partial charge in [-0.15, -0.1) is 0 Å². The highest BCUT2D eigenvalue weighted by Gasteiger charge is 2.47. The average Bonchev–Trinajstić information content (AvgIpc) is 2.35. The van der Waals surface area contributed by atoms with Gasteiger partial charge in [0.25, 0.3) is 0 Å². The van der Waals surface area contributed by atoms with Gasteiger partial charge in [0.2, 0.25) is 0 Å². The number of hydrogen-bond acceptors (Lipinski definition) is 2. The van der Waals surface area contributed by atoms with Crippen LogP contribution in [0.3, 0.4) is 0 Å². The molecule has 1 saturated carbocycles. The Morgan fingerprint density at radius 2 is 1.57 bits per heavy atom. The summed E-state index contributed by atoms with van der Waals surface area (Å²) in [5.74, 6) is 1.10. The summed E-state index contributed by atoms with van der Waals surface area (Å²) >= 11 is 0. The highest BCUT2D eigenvalue weighted by Crippen LogP contribution is 2.45. The molecule has 0 bridgehead atoms. The lowest BCUT2D eigenvalue weighted by Crippen LogP contribution is -2.48. The molecular formula is C19H36O2. The van der Waals surface area contributed by atoms with Crippen molar-refractivity contribution in [2.75, 3.05) is 0 Å². The van der Waals surface area contributed by atoms with Gasteiger partial charge in [0.1, 0.15) is 5.60 Å². The summed E-state index contributed by atoms with van der Waals surface area (Å²) in [6.07, 6.45) is 5.83. The zero-order chi connectivity index (χ0) is 16.5. The van der Waals surface area contributed by atoms with Crippen LogP contribution >= 0.6 is 0 Å². The van der Waals surface area contributed by atoms with E-state index in [1.165, 1.54) is 25.7 Å². The largest absolute Gasteiger partial charge is 0.459 e. The Morgan fingerprint density at radius 1 is 1.05 bits per heavy atom. The first-order valence-corrected chi connectivity index (χ1v) is 8.69. The molecule has 0 aliphatic heterocycles. The first-order chi connectivity index (χ1) is 9.45. The minimum absolute atomic E-state index is 0.0275. The second kappa shape index (κ2) is 6.30. The third-order valence-corrected chi connectivity index (χ3v) is 6.17. The molecule has 1 rings (SSSR count). The highest BCUT2D eigenvalue weighted by atomic mass is 16.6. The molecule has 0 spiro atoms. The van der Waals surface area contributed by atoms with Crippen molar-refractivity contribution in [3.8, 4) is 0 Å². The van der Waals surface area contributed by atoms with E-state index in [1.54, 1.807) is 0 Å². The van der Waals surface area contributed by atoms with Crippen molar-refractivity contribution in [2.24, 2.45) is 22.7 Å². The zero-order valence-corrected chi connectivity index (χ0v) is 15.5. The van der Waals surface area contributed by atoms with Crippen molar-refractivity contribution < 1.29 is 9.53 Å². The first-order valence-electron chi connectivity index (χ1n) is 8.69. The van der Waals surface area contributed by atoms with Gasteiger partial charge >= 0.3 is 5.97 Å². The molecule has 0 heterocycles. The average molecular weight is 296 g/mol. The van der Waals surface area contributed by atoms with Gasteiger partial charge in [-0.1, -0.05) is 53.9 Å². The van der Waals surface area contributed by atoms with Gasteiger partial charge in [0.05, 0.1) is 5.41 Å². The number of rotatable bonds is 4. The van der Waals surface area contributed by atoms with Crippen LogP contribution in [0.5, 0.6) is 0 Å². The van der Waals surface area contributed by atoms with E-state index in [0.29, 0.717) is 11.8 Å². The topological polar surface area (TPSA) is 26.3 Å². The molecular weight excluding hydrogens is 260 g/mol. The fraction of sp³-hybridized carbons (Fsp3) is 0.947. The summed E-state index contributed by atoms with van der Waals surface area (Å²) < 4.78 is 6.09. The normalized spacial score (nSPS) is 27.0. The van der Waals surface area contributed by atoms with E-state index in [1.807, 2.05) is 0 Å². The van der Waals surface area contributed by atoms with E-state index >= 15 is 0 Å². The monoisotopic (exact) mass is 296 g/mol. The molecule has 0 aromatic rings. The Morgan fingerprint density at radius 3 is 2.00 bits per heavy atom. The van der Waals surface area contributed by atoms with Gasteiger partial charge in [-0.3, -0.25) is 4.79 Å². The third-order valence-electron chi connectivity index (χ3n) is 6.17. The number of carbonyl (C=O) groups is 1. The van der Waals surface area contributed by atoms with Gasteiger partial charge < -0.3 is 4.74 Å². The minimum Gasteiger partial charge on any atom is -0.459 e. The predicted octanol–water partition coefficient (Wildman–Crippen LogP) is 5.60. The molecule has 1 aliphatic carbocycles. The van der Waals surface area contributed by atoms with Crippen LogP contribution in [0.15, 0.2) is 0 Å². The van der Waals surface area contributed by atoms with Gasteiger partial charge in [0.15, 0.2) is 0 Å². The molecule has 2 heteroatoms. The van der Waals surface area contributed by atoms with E-state index < -0.39 is 5.41 Å². The molecule has 21 heavy (non-hydrogen) atoms. The summed E-state index contributed by atoms with van der Waals surface area (Å²) in [6, 6.07) is 0. The predicted molar refractivity (Wildman–Crippen MR) is 89.1 cm³/mol.